The predicted octanol–water partition coefficient (Wildman–Crippen LogP) is 6.89. The number of piperidine rings is 1. The van der Waals surface area contributed by atoms with E-state index < -0.39 is 17.7 Å². The summed E-state index contributed by atoms with van der Waals surface area (Å²) in [5.74, 6) is -0.215. The second-order valence-electron chi connectivity index (χ2n) is 12.8. The highest BCUT2D eigenvalue weighted by Crippen LogP contribution is 2.39. The van der Waals surface area contributed by atoms with Gasteiger partial charge in [-0.1, -0.05) is 35.9 Å². The molecule has 0 saturated carbocycles. The van der Waals surface area contributed by atoms with E-state index in [9.17, 15) is 15.0 Å². The Morgan fingerprint density at radius 1 is 1.11 bits per heavy atom. The molecule has 5 rings (SSSR count). The summed E-state index contributed by atoms with van der Waals surface area (Å²) in [6, 6.07) is 15.3. The number of aromatic nitrogens is 3. The van der Waals surface area contributed by atoms with Gasteiger partial charge in [-0.3, -0.25) is 0 Å². The van der Waals surface area contributed by atoms with Gasteiger partial charge < -0.3 is 24.6 Å². The van der Waals surface area contributed by atoms with E-state index >= 15 is 0 Å². The molecule has 1 aliphatic heterocycles. The molecule has 9 nitrogen and oxygen atoms in total. The Labute approximate surface area is 258 Å². The summed E-state index contributed by atoms with van der Waals surface area (Å²) in [7, 11) is 0. The molecule has 9 heteroatoms. The molecule has 232 valence electrons. The van der Waals surface area contributed by atoms with Crippen LogP contribution in [0.4, 0.5) is 5.82 Å². The monoisotopic (exact) mass is 598 g/mol. The number of carboxylic acids is 1. The number of aromatic hydroxyl groups is 1. The fourth-order valence-corrected chi connectivity index (χ4v) is 5.78. The van der Waals surface area contributed by atoms with Crippen molar-refractivity contribution in [1.82, 2.24) is 14.6 Å². The maximum Gasteiger partial charge on any atom is 0.337 e. The maximum absolute atomic E-state index is 12.7. The lowest BCUT2D eigenvalue weighted by Crippen LogP contribution is -2.45. The number of carboxylic acid groups (broad SMARTS) is 1. The molecule has 1 fully saturated rings. The Morgan fingerprint density at radius 3 is 2.48 bits per heavy atom. The quantitative estimate of drug-likeness (QED) is 0.201. The van der Waals surface area contributed by atoms with Crippen LogP contribution < -0.4 is 4.90 Å². The fraction of sp³-hybridized carbons (Fsp3) is 0.400. The van der Waals surface area contributed by atoms with Gasteiger partial charge >= 0.3 is 5.97 Å². The summed E-state index contributed by atoms with van der Waals surface area (Å²) >= 11 is 0. The Balaban J connectivity index is 1.65. The van der Waals surface area contributed by atoms with Crippen LogP contribution in [-0.4, -0.2) is 61.7 Å². The van der Waals surface area contributed by atoms with Crippen molar-refractivity contribution in [2.75, 3.05) is 24.6 Å². The van der Waals surface area contributed by atoms with Crippen molar-refractivity contribution in [3.63, 3.8) is 0 Å². The topological polar surface area (TPSA) is 109 Å². The molecular weight excluding hydrogens is 556 g/mol. The summed E-state index contributed by atoms with van der Waals surface area (Å²) in [6.07, 6.45) is 2.01. The van der Waals surface area contributed by atoms with Crippen LogP contribution in [0.3, 0.4) is 0 Å². The first-order chi connectivity index (χ1) is 20.8. The summed E-state index contributed by atoms with van der Waals surface area (Å²) in [5, 5.41) is 26.0. The van der Waals surface area contributed by atoms with E-state index in [2.05, 4.69) is 18.4 Å². The SMILES string of the molecule is C=CCOC1(C)CCN(c2c(C(OC(C)(C)C)C(=O)O)c(C)nc3cc(-c4cccc(-c5cc(C)ccc5O)c4)nn23)CC1. The van der Waals surface area contributed by atoms with Crippen molar-refractivity contribution in [2.24, 2.45) is 0 Å². The standard InChI is InChI=1S/C35H42N4O5/c1-8-18-43-35(7)14-16-38(17-15-35)32-30(31(33(41)42)44-34(4,5)6)23(3)36-29-21-27(37-39(29)32)25-11-9-10-24(20-25)26-19-22(2)12-13-28(26)40/h8-13,19-21,31,40H,1,14-18H2,2-7H3,(H,41,42). The van der Waals surface area contributed by atoms with Crippen LogP contribution in [0.2, 0.25) is 0 Å². The maximum atomic E-state index is 12.7. The Kier molecular flexibility index (Phi) is 8.55. The van der Waals surface area contributed by atoms with Gasteiger partial charge in [0.2, 0.25) is 0 Å². The molecule has 1 unspecified atom stereocenters. The third-order valence-electron chi connectivity index (χ3n) is 8.05. The predicted molar refractivity (Wildman–Crippen MR) is 172 cm³/mol. The molecule has 0 aliphatic carbocycles. The van der Waals surface area contributed by atoms with Gasteiger partial charge in [0.15, 0.2) is 11.8 Å². The molecule has 2 aromatic heterocycles. The van der Waals surface area contributed by atoms with E-state index in [1.54, 1.807) is 16.7 Å². The Morgan fingerprint density at radius 2 is 1.82 bits per heavy atom. The molecule has 0 spiro atoms. The number of hydrogen-bond donors (Lipinski definition) is 2. The number of hydrogen-bond acceptors (Lipinski definition) is 7. The molecule has 44 heavy (non-hydrogen) atoms. The van der Waals surface area contributed by atoms with E-state index in [4.69, 9.17) is 19.6 Å². The van der Waals surface area contributed by atoms with E-state index in [1.807, 2.05) is 77.1 Å². The zero-order valence-electron chi connectivity index (χ0n) is 26.4. The Hall–Kier alpha value is -4.21. The minimum Gasteiger partial charge on any atom is -0.507 e. The Bertz CT molecular complexity index is 1700. The van der Waals surface area contributed by atoms with Crippen molar-refractivity contribution < 1.29 is 24.5 Å². The van der Waals surface area contributed by atoms with Crippen molar-refractivity contribution in [3.8, 4) is 28.1 Å². The third kappa shape index (κ3) is 6.49. The van der Waals surface area contributed by atoms with E-state index in [1.165, 1.54) is 0 Å². The summed E-state index contributed by atoms with van der Waals surface area (Å²) < 4.78 is 14.0. The number of rotatable bonds is 9. The molecule has 2 aromatic carbocycles. The first-order valence-corrected chi connectivity index (χ1v) is 15.0. The van der Waals surface area contributed by atoms with Crippen LogP contribution in [0, 0.1) is 13.8 Å². The second-order valence-corrected chi connectivity index (χ2v) is 12.8. The normalized spacial score (nSPS) is 15.8. The highest BCUT2D eigenvalue weighted by molar-refractivity contribution is 5.80. The van der Waals surface area contributed by atoms with Crippen molar-refractivity contribution in [1.29, 1.82) is 0 Å². The minimum atomic E-state index is -1.24. The largest absolute Gasteiger partial charge is 0.507 e. The lowest BCUT2D eigenvalue weighted by atomic mass is 9.92. The number of fused-ring (bicyclic) bond motifs is 1. The zero-order valence-corrected chi connectivity index (χ0v) is 26.4. The molecule has 4 aromatic rings. The van der Waals surface area contributed by atoms with Gasteiger partial charge in [0.05, 0.1) is 29.1 Å². The molecule has 3 heterocycles. The summed E-state index contributed by atoms with van der Waals surface area (Å²) in [6.45, 7) is 17.0. The van der Waals surface area contributed by atoms with Crippen LogP contribution >= 0.6 is 0 Å². The first-order valence-electron chi connectivity index (χ1n) is 15.0. The van der Waals surface area contributed by atoms with Gasteiger partial charge in [-0.05, 0) is 78.1 Å². The number of aryl methyl sites for hydroxylation is 2. The average molecular weight is 599 g/mol. The van der Waals surface area contributed by atoms with Gasteiger partial charge in [0, 0.05) is 36.0 Å². The number of benzene rings is 2. The van der Waals surface area contributed by atoms with Gasteiger partial charge in [-0.25, -0.2) is 9.78 Å². The minimum absolute atomic E-state index is 0.208. The van der Waals surface area contributed by atoms with E-state index in [0.29, 0.717) is 48.1 Å². The van der Waals surface area contributed by atoms with Crippen molar-refractivity contribution in [2.45, 2.75) is 71.7 Å². The van der Waals surface area contributed by atoms with Crippen molar-refractivity contribution in [3.05, 3.63) is 78.0 Å². The molecule has 1 aliphatic rings. The first kappa shape index (κ1) is 31.2. The van der Waals surface area contributed by atoms with Crippen LogP contribution in [0.25, 0.3) is 28.0 Å². The summed E-state index contributed by atoms with van der Waals surface area (Å²) in [5.41, 5.74) is 4.84. The number of ether oxygens (including phenoxy) is 2. The molecule has 2 N–H and O–H groups in total. The molecule has 0 bridgehead atoms. The van der Waals surface area contributed by atoms with Crippen LogP contribution in [0.1, 0.15) is 63.5 Å². The van der Waals surface area contributed by atoms with Gasteiger partial charge in [-0.2, -0.15) is 9.61 Å². The number of carbonyl (C=O) groups is 1. The molecule has 1 saturated heterocycles. The zero-order chi connectivity index (χ0) is 31.8. The second kappa shape index (κ2) is 12.1. The summed E-state index contributed by atoms with van der Waals surface area (Å²) in [4.78, 5) is 19.7. The molecular formula is C35H42N4O5. The number of phenols is 1. The molecule has 1 atom stereocenters. The van der Waals surface area contributed by atoms with Crippen molar-refractivity contribution >= 4 is 17.4 Å². The van der Waals surface area contributed by atoms with Crippen LogP contribution in [-0.2, 0) is 14.3 Å². The lowest BCUT2D eigenvalue weighted by Gasteiger charge is -2.41. The number of aliphatic carboxylic acids is 1. The lowest BCUT2D eigenvalue weighted by molar-refractivity contribution is -0.160. The molecule has 0 radical (unpaired) electrons. The fourth-order valence-electron chi connectivity index (χ4n) is 5.78. The van der Waals surface area contributed by atoms with Gasteiger partial charge in [0.25, 0.3) is 0 Å². The van der Waals surface area contributed by atoms with Crippen LogP contribution in [0.15, 0.2) is 61.2 Å². The molecule has 0 amide bonds. The van der Waals surface area contributed by atoms with Crippen LogP contribution in [0.5, 0.6) is 5.75 Å². The van der Waals surface area contributed by atoms with Gasteiger partial charge in [0.1, 0.15) is 11.6 Å². The smallest absolute Gasteiger partial charge is 0.337 e. The third-order valence-corrected chi connectivity index (χ3v) is 8.05. The number of phenolic OH excluding ortho intramolecular Hbond substituents is 1. The highest BCUT2D eigenvalue weighted by Gasteiger charge is 2.37. The number of nitrogens with zero attached hydrogens (tertiary/aromatic N) is 4. The number of anilines is 1. The highest BCUT2D eigenvalue weighted by atomic mass is 16.5. The van der Waals surface area contributed by atoms with E-state index in [-0.39, 0.29) is 11.4 Å². The van der Waals surface area contributed by atoms with Gasteiger partial charge in [-0.15, -0.1) is 6.58 Å². The van der Waals surface area contributed by atoms with E-state index in [0.717, 1.165) is 35.1 Å². The average Bonchev–Trinajstić information content (AvgIpc) is 3.39.